The quantitative estimate of drug-likeness (QED) is 0.799. The predicted octanol–water partition coefficient (Wildman–Crippen LogP) is 0.431. The van der Waals surface area contributed by atoms with Gasteiger partial charge in [0.15, 0.2) is 0 Å². The van der Waals surface area contributed by atoms with Gasteiger partial charge in [-0.2, -0.15) is 5.10 Å². The molecule has 24 heavy (non-hydrogen) atoms. The summed E-state index contributed by atoms with van der Waals surface area (Å²) in [4.78, 5) is 28.5. The van der Waals surface area contributed by atoms with Crippen LogP contribution in [0.15, 0.2) is 10.9 Å². The molecule has 0 N–H and O–H groups in total. The first-order valence-electron chi connectivity index (χ1n) is 8.74. The molecule has 1 amide bonds. The summed E-state index contributed by atoms with van der Waals surface area (Å²) >= 11 is 0. The van der Waals surface area contributed by atoms with Crippen LogP contribution in [0.3, 0.4) is 0 Å². The molecule has 1 aromatic heterocycles. The Morgan fingerprint density at radius 1 is 1.29 bits per heavy atom. The van der Waals surface area contributed by atoms with Crippen LogP contribution in [0.5, 0.6) is 0 Å². The normalized spacial score (nSPS) is 18.7. The molecule has 1 aromatic rings. The van der Waals surface area contributed by atoms with Crippen LogP contribution in [0.2, 0.25) is 0 Å². The van der Waals surface area contributed by atoms with Crippen molar-refractivity contribution in [1.82, 2.24) is 19.6 Å². The number of hydrogen-bond donors (Lipinski definition) is 0. The van der Waals surface area contributed by atoms with Crippen molar-refractivity contribution in [2.45, 2.75) is 39.3 Å². The van der Waals surface area contributed by atoms with Gasteiger partial charge in [0.2, 0.25) is 5.91 Å². The lowest BCUT2D eigenvalue weighted by atomic mass is 10.1. The van der Waals surface area contributed by atoms with Gasteiger partial charge in [-0.05, 0) is 19.4 Å². The fourth-order valence-corrected chi connectivity index (χ4v) is 3.26. The zero-order valence-electron chi connectivity index (χ0n) is 14.5. The number of carbonyl (C=O) groups excluding carboxylic acids is 1. The monoisotopic (exact) mass is 334 g/mol. The van der Waals surface area contributed by atoms with Crippen LogP contribution < -0.4 is 5.56 Å². The zero-order valence-corrected chi connectivity index (χ0v) is 14.5. The van der Waals surface area contributed by atoms with Crippen LogP contribution in [-0.4, -0.2) is 64.9 Å². The number of hydrogen-bond acceptors (Lipinski definition) is 5. The smallest absolute Gasteiger partial charge is 0.267 e. The van der Waals surface area contributed by atoms with Gasteiger partial charge in [-0.25, -0.2) is 4.68 Å². The lowest BCUT2D eigenvalue weighted by Crippen LogP contribution is -2.42. The largest absolute Gasteiger partial charge is 0.378 e. The average Bonchev–Trinajstić information content (AvgIpc) is 2.59. The van der Waals surface area contributed by atoms with E-state index in [1.165, 1.54) is 0 Å². The zero-order chi connectivity index (χ0) is 17.1. The van der Waals surface area contributed by atoms with Crippen molar-refractivity contribution in [3.05, 3.63) is 27.7 Å². The van der Waals surface area contributed by atoms with E-state index in [4.69, 9.17) is 4.74 Å². The molecular formula is C17H26N4O3. The molecule has 132 valence electrons. The number of fused-ring (bicyclic) bond motifs is 1. The second-order valence-electron chi connectivity index (χ2n) is 6.76. The van der Waals surface area contributed by atoms with Gasteiger partial charge < -0.3 is 9.64 Å². The number of morpholine rings is 1. The summed E-state index contributed by atoms with van der Waals surface area (Å²) in [5.74, 6) is 0.192. The van der Waals surface area contributed by atoms with Gasteiger partial charge >= 0.3 is 0 Å². The molecule has 0 aliphatic carbocycles. The van der Waals surface area contributed by atoms with E-state index < -0.39 is 0 Å². The van der Waals surface area contributed by atoms with Crippen LogP contribution in [0.1, 0.15) is 37.6 Å². The van der Waals surface area contributed by atoms with Crippen molar-refractivity contribution in [2.75, 3.05) is 39.4 Å². The first kappa shape index (κ1) is 17.1. The molecule has 7 nitrogen and oxygen atoms in total. The second kappa shape index (κ2) is 7.44. The van der Waals surface area contributed by atoms with Gasteiger partial charge in [0.05, 0.1) is 24.9 Å². The molecule has 0 spiro atoms. The van der Waals surface area contributed by atoms with Crippen molar-refractivity contribution >= 4 is 5.91 Å². The molecule has 1 fully saturated rings. The van der Waals surface area contributed by atoms with Crippen LogP contribution in [0, 0.1) is 0 Å². The summed E-state index contributed by atoms with van der Waals surface area (Å²) < 4.78 is 6.83. The Bertz CT molecular complexity index is 650. The molecule has 0 atom stereocenters. The highest BCUT2D eigenvalue weighted by atomic mass is 16.5. The third kappa shape index (κ3) is 3.84. The van der Waals surface area contributed by atoms with Crippen molar-refractivity contribution in [3.63, 3.8) is 0 Å². The number of aromatic nitrogens is 2. The fraction of sp³-hybridized carbons (Fsp3) is 0.706. The summed E-state index contributed by atoms with van der Waals surface area (Å²) in [5, 5.41) is 4.50. The summed E-state index contributed by atoms with van der Waals surface area (Å²) in [6.07, 6.45) is 1.35. The van der Waals surface area contributed by atoms with E-state index in [0.29, 0.717) is 39.3 Å². The number of amides is 1. The van der Waals surface area contributed by atoms with E-state index in [0.717, 1.165) is 30.8 Å². The minimum atomic E-state index is -0.0463. The molecule has 2 aliphatic rings. The topological polar surface area (TPSA) is 67.7 Å². The third-order valence-corrected chi connectivity index (χ3v) is 4.68. The van der Waals surface area contributed by atoms with Crippen LogP contribution >= 0.6 is 0 Å². The first-order chi connectivity index (χ1) is 11.5. The van der Waals surface area contributed by atoms with Gasteiger partial charge in [-0.15, -0.1) is 0 Å². The maximum atomic E-state index is 12.2. The van der Waals surface area contributed by atoms with Gasteiger partial charge in [0, 0.05) is 51.6 Å². The molecule has 7 heteroatoms. The van der Waals surface area contributed by atoms with Crippen LogP contribution in [-0.2, 0) is 22.5 Å². The maximum absolute atomic E-state index is 12.2. The Hall–Kier alpha value is -1.73. The van der Waals surface area contributed by atoms with Crippen LogP contribution in [0.4, 0.5) is 0 Å². The highest BCUT2D eigenvalue weighted by Crippen LogP contribution is 2.16. The van der Waals surface area contributed by atoms with Gasteiger partial charge in [0.25, 0.3) is 5.56 Å². The molecule has 2 aliphatic heterocycles. The lowest BCUT2D eigenvalue weighted by Gasteiger charge is -2.30. The number of nitrogens with zero attached hydrogens (tertiary/aromatic N) is 4. The Morgan fingerprint density at radius 3 is 2.75 bits per heavy atom. The average molecular weight is 334 g/mol. The molecule has 0 saturated carbocycles. The van der Waals surface area contributed by atoms with Gasteiger partial charge in [-0.3, -0.25) is 14.5 Å². The Morgan fingerprint density at radius 2 is 2.04 bits per heavy atom. The Kier molecular flexibility index (Phi) is 5.30. The lowest BCUT2D eigenvalue weighted by molar-refractivity contribution is -0.135. The van der Waals surface area contributed by atoms with E-state index in [2.05, 4.69) is 10.00 Å². The highest BCUT2D eigenvalue weighted by molar-refractivity contribution is 5.76. The Balaban J connectivity index is 1.58. The van der Waals surface area contributed by atoms with Crippen molar-refractivity contribution in [3.8, 4) is 0 Å². The summed E-state index contributed by atoms with van der Waals surface area (Å²) in [5.41, 5.74) is 1.97. The number of carbonyl (C=O) groups is 1. The van der Waals surface area contributed by atoms with Crippen molar-refractivity contribution in [2.24, 2.45) is 0 Å². The molecule has 1 saturated heterocycles. The predicted molar refractivity (Wildman–Crippen MR) is 89.9 cm³/mol. The molecule has 0 radical (unpaired) electrons. The van der Waals surface area contributed by atoms with E-state index in [9.17, 15) is 9.59 Å². The molecule has 0 aromatic carbocycles. The molecule has 0 unspecified atom stereocenters. The van der Waals surface area contributed by atoms with Crippen molar-refractivity contribution in [1.29, 1.82) is 0 Å². The van der Waals surface area contributed by atoms with E-state index in [1.54, 1.807) is 10.7 Å². The number of rotatable bonds is 4. The second-order valence-corrected chi connectivity index (χ2v) is 6.76. The summed E-state index contributed by atoms with van der Waals surface area (Å²) in [6.45, 7) is 8.90. The fourth-order valence-electron chi connectivity index (χ4n) is 3.26. The molecule has 3 heterocycles. The van der Waals surface area contributed by atoms with Crippen LogP contribution in [0.25, 0.3) is 0 Å². The third-order valence-electron chi connectivity index (χ3n) is 4.68. The standard InChI is InChI=1S/C17H26N4O3/c1-13(2)21-17(23)11-14-12-19(5-3-15(14)18-21)6-4-16(22)20-7-9-24-10-8-20/h11,13H,3-10,12H2,1-2H3. The Labute approximate surface area is 142 Å². The van der Waals surface area contributed by atoms with Gasteiger partial charge in [0.1, 0.15) is 0 Å². The molecular weight excluding hydrogens is 308 g/mol. The SMILES string of the molecule is CC(C)n1nc2c(cc1=O)CN(CCC(=O)N1CCOCC1)CC2. The number of ether oxygens (including phenoxy) is 1. The van der Waals surface area contributed by atoms with E-state index >= 15 is 0 Å². The summed E-state index contributed by atoms with van der Waals surface area (Å²) in [7, 11) is 0. The maximum Gasteiger partial charge on any atom is 0.267 e. The minimum absolute atomic E-state index is 0.0463. The first-order valence-corrected chi connectivity index (χ1v) is 8.74. The van der Waals surface area contributed by atoms with Gasteiger partial charge in [-0.1, -0.05) is 0 Å². The molecule has 3 rings (SSSR count). The summed E-state index contributed by atoms with van der Waals surface area (Å²) in [6, 6.07) is 1.78. The molecule has 0 bridgehead atoms. The van der Waals surface area contributed by atoms with E-state index in [-0.39, 0.29) is 17.5 Å². The van der Waals surface area contributed by atoms with E-state index in [1.807, 2.05) is 18.7 Å². The minimum Gasteiger partial charge on any atom is -0.378 e. The highest BCUT2D eigenvalue weighted by Gasteiger charge is 2.22. The van der Waals surface area contributed by atoms with Crippen molar-refractivity contribution < 1.29 is 9.53 Å².